The number of amides is 2. The number of aliphatic hydroxyl groups is 1. The van der Waals surface area contributed by atoms with Gasteiger partial charge in [0.05, 0.1) is 6.10 Å². The summed E-state index contributed by atoms with van der Waals surface area (Å²) in [5.41, 5.74) is 0. The SMILES string of the molecule is CCC(O)CCNC(=O)NC(C)Cc1ccc(C)s1. The van der Waals surface area contributed by atoms with Crippen LogP contribution in [0.15, 0.2) is 12.1 Å². The average molecular weight is 284 g/mol. The molecule has 2 unspecified atom stereocenters. The Morgan fingerprint density at radius 3 is 2.79 bits per heavy atom. The quantitative estimate of drug-likeness (QED) is 0.720. The topological polar surface area (TPSA) is 61.4 Å². The predicted molar refractivity (Wildman–Crippen MR) is 79.7 cm³/mol. The Bertz CT molecular complexity index is 393. The highest BCUT2D eigenvalue weighted by atomic mass is 32.1. The first kappa shape index (κ1) is 16.0. The van der Waals surface area contributed by atoms with Crippen LogP contribution in [0.3, 0.4) is 0 Å². The van der Waals surface area contributed by atoms with Crippen molar-refractivity contribution in [2.45, 2.75) is 52.2 Å². The largest absolute Gasteiger partial charge is 0.393 e. The molecule has 19 heavy (non-hydrogen) atoms. The summed E-state index contributed by atoms with van der Waals surface area (Å²) in [4.78, 5) is 14.2. The van der Waals surface area contributed by atoms with Crippen LogP contribution < -0.4 is 10.6 Å². The van der Waals surface area contributed by atoms with Crippen molar-refractivity contribution >= 4 is 17.4 Å². The van der Waals surface area contributed by atoms with E-state index in [-0.39, 0.29) is 18.2 Å². The van der Waals surface area contributed by atoms with Gasteiger partial charge < -0.3 is 15.7 Å². The minimum atomic E-state index is -0.327. The lowest BCUT2D eigenvalue weighted by molar-refractivity contribution is 0.160. The van der Waals surface area contributed by atoms with Crippen molar-refractivity contribution in [2.75, 3.05) is 6.54 Å². The molecule has 1 aromatic heterocycles. The summed E-state index contributed by atoms with van der Waals surface area (Å²) >= 11 is 1.76. The van der Waals surface area contributed by atoms with Crippen LogP contribution in [0.1, 0.15) is 36.4 Å². The Kier molecular flexibility index (Phi) is 6.87. The number of hydrogen-bond acceptors (Lipinski definition) is 3. The summed E-state index contributed by atoms with van der Waals surface area (Å²) in [5, 5.41) is 15.0. The number of thiophene rings is 1. The molecular formula is C14H24N2O2S. The lowest BCUT2D eigenvalue weighted by Crippen LogP contribution is -2.42. The van der Waals surface area contributed by atoms with Gasteiger partial charge in [0.25, 0.3) is 0 Å². The maximum atomic E-state index is 11.6. The minimum Gasteiger partial charge on any atom is -0.393 e. The summed E-state index contributed by atoms with van der Waals surface area (Å²) in [6.45, 7) is 6.51. The van der Waals surface area contributed by atoms with Gasteiger partial charge in [-0.2, -0.15) is 0 Å². The van der Waals surface area contributed by atoms with Gasteiger partial charge in [-0.3, -0.25) is 0 Å². The molecule has 0 spiro atoms. The third kappa shape index (κ3) is 6.59. The summed E-state index contributed by atoms with van der Waals surface area (Å²) in [6.07, 6.45) is 1.84. The first-order chi connectivity index (χ1) is 9.01. The van der Waals surface area contributed by atoms with Gasteiger partial charge in [0.2, 0.25) is 0 Å². The molecule has 0 aromatic carbocycles. The Morgan fingerprint density at radius 2 is 2.21 bits per heavy atom. The fourth-order valence-electron chi connectivity index (χ4n) is 1.78. The van der Waals surface area contributed by atoms with E-state index in [1.165, 1.54) is 9.75 Å². The second kappa shape index (κ2) is 8.17. The zero-order valence-electron chi connectivity index (χ0n) is 11.9. The number of aryl methyl sites for hydroxylation is 1. The Hall–Kier alpha value is -1.07. The summed E-state index contributed by atoms with van der Waals surface area (Å²) < 4.78 is 0. The molecule has 2 atom stereocenters. The van der Waals surface area contributed by atoms with Crippen LogP contribution in [0.5, 0.6) is 0 Å². The highest BCUT2D eigenvalue weighted by Gasteiger charge is 2.09. The molecule has 1 heterocycles. The highest BCUT2D eigenvalue weighted by molar-refractivity contribution is 7.11. The van der Waals surface area contributed by atoms with Crippen molar-refractivity contribution in [1.82, 2.24) is 10.6 Å². The second-order valence-electron chi connectivity index (χ2n) is 4.87. The van der Waals surface area contributed by atoms with E-state index < -0.39 is 0 Å². The predicted octanol–water partition coefficient (Wildman–Crippen LogP) is 2.45. The molecule has 0 aliphatic carbocycles. The fourth-order valence-corrected chi connectivity index (χ4v) is 2.80. The summed E-state index contributed by atoms with van der Waals surface area (Å²) in [5.74, 6) is 0. The molecule has 3 N–H and O–H groups in total. The molecule has 0 aliphatic heterocycles. The van der Waals surface area contributed by atoms with E-state index in [0.29, 0.717) is 13.0 Å². The molecule has 108 valence electrons. The first-order valence-corrected chi connectivity index (χ1v) is 7.60. The second-order valence-corrected chi connectivity index (χ2v) is 6.24. The van der Waals surface area contributed by atoms with E-state index in [1.807, 2.05) is 13.8 Å². The third-order valence-corrected chi connectivity index (χ3v) is 3.94. The molecule has 0 saturated carbocycles. The number of rotatable bonds is 7. The molecular weight excluding hydrogens is 260 g/mol. The zero-order chi connectivity index (χ0) is 14.3. The van der Waals surface area contributed by atoms with Crippen LogP contribution in [-0.4, -0.2) is 29.8 Å². The van der Waals surface area contributed by atoms with Crippen LogP contribution in [0.2, 0.25) is 0 Å². The van der Waals surface area contributed by atoms with E-state index in [0.717, 1.165) is 12.8 Å². The van der Waals surface area contributed by atoms with Gasteiger partial charge in [-0.1, -0.05) is 6.92 Å². The zero-order valence-corrected chi connectivity index (χ0v) is 12.7. The van der Waals surface area contributed by atoms with Crippen LogP contribution >= 0.6 is 11.3 Å². The van der Waals surface area contributed by atoms with Gasteiger partial charge in [0, 0.05) is 28.8 Å². The Labute approximate surface area is 119 Å². The highest BCUT2D eigenvalue weighted by Crippen LogP contribution is 2.16. The molecule has 0 saturated heterocycles. The Morgan fingerprint density at radius 1 is 1.47 bits per heavy atom. The van der Waals surface area contributed by atoms with Gasteiger partial charge in [0.15, 0.2) is 0 Å². The van der Waals surface area contributed by atoms with Gasteiger partial charge in [-0.25, -0.2) is 4.79 Å². The van der Waals surface area contributed by atoms with E-state index in [2.05, 4.69) is 29.7 Å². The smallest absolute Gasteiger partial charge is 0.315 e. The number of urea groups is 1. The van der Waals surface area contributed by atoms with Crippen LogP contribution in [0.4, 0.5) is 4.79 Å². The molecule has 0 bridgehead atoms. The standard InChI is InChI=1S/C14H24N2O2S/c1-4-12(17)7-8-15-14(18)16-10(2)9-13-6-5-11(3)19-13/h5-6,10,12,17H,4,7-9H2,1-3H3,(H2,15,16,18). The number of nitrogens with one attached hydrogen (secondary N) is 2. The van der Waals surface area contributed by atoms with Gasteiger partial charge in [0.1, 0.15) is 0 Å². The maximum absolute atomic E-state index is 11.6. The first-order valence-electron chi connectivity index (χ1n) is 6.79. The van der Waals surface area contributed by atoms with E-state index in [9.17, 15) is 9.90 Å². The van der Waals surface area contributed by atoms with Crippen molar-refractivity contribution in [3.63, 3.8) is 0 Å². The lowest BCUT2D eigenvalue weighted by Gasteiger charge is -2.14. The van der Waals surface area contributed by atoms with Crippen molar-refractivity contribution in [3.05, 3.63) is 21.9 Å². The summed E-state index contributed by atoms with van der Waals surface area (Å²) in [7, 11) is 0. The number of carbonyl (C=O) groups is 1. The number of hydrogen-bond donors (Lipinski definition) is 3. The van der Waals surface area contributed by atoms with Crippen LogP contribution in [0, 0.1) is 6.92 Å². The molecule has 1 aromatic rings. The molecule has 2 amide bonds. The number of aliphatic hydroxyl groups excluding tert-OH is 1. The minimum absolute atomic E-state index is 0.106. The van der Waals surface area contributed by atoms with E-state index >= 15 is 0 Å². The summed E-state index contributed by atoms with van der Waals surface area (Å²) in [6, 6.07) is 4.14. The van der Waals surface area contributed by atoms with Gasteiger partial charge >= 0.3 is 6.03 Å². The lowest BCUT2D eigenvalue weighted by atomic mass is 10.2. The monoisotopic (exact) mass is 284 g/mol. The maximum Gasteiger partial charge on any atom is 0.315 e. The van der Waals surface area contributed by atoms with Crippen LogP contribution in [0.25, 0.3) is 0 Å². The Balaban J connectivity index is 2.20. The molecule has 0 aliphatic rings. The van der Waals surface area contributed by atoms with Crippen molar-refractivity contribution in [1.29, 1.82) is 0 Å². The normalized spacial score (nSPS) is 13.9. The van der Waals surface area contributed by atoms with Crippen molar-refractivity contribution in [2.24, 2.45) is 0 Å². The van der Waals surface area contributed by atoms with E-state index in [1.54, 1.807) is 11.3 Å². The average Bonchev–Trinajstić information content (AvgIpc) is 2.74. The van der Waals surface area contributed by atoms with Gasteiger partial charge in [-0.05, 0) is 38.8 Å². The van der Waals surface area contributed by atoms with E-state index in [4.69, 9.17) is 0 Å². The van der Waals surface area contributed by atoms with Crippen molar-refractivity contribution in [3.8, 4) is 0 Å². The molecule has 5 heteroatoms. The third-order valence-electron chi connectivity index (χ3n) is 2.92. The molecule has 0 fully saturated rings. The molecule has 0 radical (unpaired) electrons. The van der Waals surface area contributed by atoms with Crippen molar-refractivity contribution < 1.29 is 9.90 Å². The molecule has 1 rings (SSSR count). The van der Waals surface area contributed by atoms with Gasteiger partial charge in [-0.15, -0.1) is 11.3 Å². The fraction of sp³-hybridized carbons (Fsp3) is 0.643. The van der Waals surface area contributed by atoms with Crippen LogP contribution in [-0.2, 0) is 6.42 Å². The molecule has 4 nitrogen and oxygen atoms in total. The number of carbonyl (C=O) groups excluding carboxylic acids is 1.